The van der Waals surface area contributed by atoms with E-state index in [1.165, 1.54) is 6.07 Å². The number of aliphatic hydroxyl groups is 1. The maximum absolute atomic E-state index is 13.8. The van der Waals surface area contributed by atoms with Crippen LogP contribution in [-0.4, -0.2) is 18.3 Å². The molecule has 0 aliphatic heterocycles. The predicted molar refractivity (Wildman–Crippen MR) is 95.2 cm³/mol. The van der Waals surface area contributed by atoms with Gasteiger partial charge in [-0.15, -0.1) is 0 Å². The van der Waals surface area contributed by atoms with Crippen molar-refractivity contribution in [1.82, 2.24) is 5.32 Å². The molecule has 0 amide bonds. The molecule has 3 nitrogen and oxygen atoms in total. The predicted octanol–water partition coefficient (Wildman–Crippen LogP) is 4.57. The van der Waals surface area contributed by atoms with E-state index in [9.17, 15) is 4.39 Å². The van der Waals surface area contributed by atoms with Crippen LogP contribution >= 0.6 is 23.2 Å². The molecule has 0 unspecified atom stereocenters. The van der Waals surface area contributed by atoms with Gasteiger partial charge in [0.05, 0.1) is 5.02 Å². The molecule has 2 N–H and O–H groups in total. The molecule has 0 radical (unpaired) electrons. The smallest absolute Gasteiger partial charge is 0.131 e. The first-order chi connectivity index (χ1) is 11.6. The van der Waals surface area contributed by atoms with Crippen molar-refractivity contribution in [3.8, 4) is 5.75 Å². The molecule has 0 fully saturated rings. The van der Waals surface area contributed by atoms with E-state index in [0.29, 0.717) is 27.9 Å². The summed E-state index contributed by atoms with van der Waals surface area (Å²) in [5.41, 5.74) is 1.22. The molecular formula is C18H20Cl2FNO2. The van der Waals surface area contributed by atoms with Crippen molar-refractivity contribution in [2.45, 2.75) is 26.0 Å². The highest BCUT2D eigenvalue weighted by atomic mass is 35.5. The van der Waals surface area contributed by atoms with E-state index >= 15 is 0 Å². The number of ether oxygens (including phenoxy) is 1. The number of benzene rings is 2. The van der Waals surface area contributed by atoms with E-state index in [1.54, 1.807) is 24.3 Å². The monoisotopic (exact) mass is 371 g/mol. The Labute approximate surface area is 151 Å². The van der Waals surface area contributed by atoms with Crippen LogP contribution in [0, 0.1) is 5.82 Å². The minimum atomic E-state index is -0.389. The minimum absolute atomic E-state index is 0.0463. The Kier molecular flexibility index (Phi) is 7.79. The second-order valence-electron chi connectivity index (χ2n) is 5.35. The van der Waals surface area contributed by atoms with Gasteiger partial charge in [0.15, 0.2) is 0 Å². The highest BCUT2D eigenvalue weighted by molar-refractivity contribution is 6.31. The largest absolute Gasteiger partial charge is 0.488 e. The quantitative estimate of drug-likeness (QED) is 0.634. The number of hydrogen-bond donors (Lipinski definition) is 2. The number of nitrogens with one attached hydrogen (secondary N) is 1. The molecule has 6 heteroatoms. The molecule has 2 rings (SSSR count). The summed E-state index contributed by atoms with van der Waals surface area (Å²) in [5.74, 6) is 0.244. The molecule has 0 saturated heterocycles. The van der Waals surface area contributed by atoms with Gasteiger partial charge in [-0.3, -0.25) is 0 Å². The zero-order valence-electron chi connectivity index (χ0n) is 13.2. The molecule has 0 aliphatic carbocycles. The lowest BCUT2D eigenvalue weighted by molar-refractivity contribution is 0.283. The van der Waals surface area contributed by atoms with E-state index in [0.717, 1.165) is 24.9 Å². The third kappa shape index (κ3) is 5.64. The van der Waals surface area contributed by atoms with Crippen LogP contribution in [0.25, 0.3) is 0 Å². The van der Waals surface area contributed by atoms with Crippen molar-refractivity contribution in [3.63, 3.8) is 0 Å². The Morgan fingerprint density at radius 3 is 2.71 bits per heavy atom. The minimum Gasteiger partial charge on any atom is -0.488 e. The van der Waals surface area contributed by atoms with Crippen LogP contribution in [0.3, 0.4) is 0 Å². The fraction of sp³-hybridized carbons (Fsp3) is 0.333. The van der Waals surface area contributed by atoms with Crippen molar-refractivity contribution in [3.05, 3.63) is 63.4 Å². The Morgan fingerprint density at radius 2 is 1.96 bits per heavy atom. The van der Waals surface area contributed by atoms with Crippen LogP contribution in [0.15, 0.2) is 36.4 Å². The maximum atomic E-state index is 13.8. The molecule has 0 aromatic heterocycles. The Hall–Kier alpha value is -1.33. The van der Waals surface area contributed by atoms with Gasteiger partial charge in [0.1, 0.15) is 18.2 Å². The summed E-state index contributed by atoms with van der Waals surface area (Å²) in [6.07, 6.45) is 1.65. The first-order valence-corrected chi connectivity index (χ1v) is 8.53. The van der Waals surface area contributed by atoms with E-state index in [1.807, 2.05) is 6.07 Å². The van der Waals surface area contributed by atoms with Crippen LogP contribution < -0.4 is 10.1 Å². The number of halogens is 3. The molecule has 0 spiro atoms. The summed E-state index contributed by atoms with van der Waals surface area (Å²) in [7, 11) is 0. The molecule has 130 valence electrons. The fourth-order valence-electron chi connectivity index (χ4n) is 2.23. The second-order valence-corrected chi connectivity index (χ2v) is 6.19. The second kappa shape index (κ2) is 9.84. The zero-order chi connectivity index (χ0) is 17.4. The van der Waals surface area contributed by atoms with Gasteiger partial charge in [0, 0.05) is 29.3 Å². The highest BCUT2D eigenvalue weighted by Crippen LogP contribution is 2.26. The fourth-order valence-corrected chi connectivity index (χ4v) is 2.64. The molecule has 0 aliphatic rings. The molecule has 0 saturated carbocycles. The topological polar surface area (TPSA) is 41.5 Å². The van der Waals surface area contributed by atoms with E-state index in [4.69, 9.17) is 33.0 Å². The van der Waals surface area contributed by atoms with Crippen molar-refractivity contribution in [2.75, 3.05) is 13.2 Å². The van der Waals surface area contributed by atoms with Crippen LogP contribution in [0.5, 0.6) is 5.75 Å². The molecule has 2 aromatic rings. The van der Waals surface area contributed by atoms with Crippen LogP contribution in [0.4, 0.5) is 4.39 Å². The molecular weight excluding hydrogens is 352 g/mol. The van der Waals surface area contributed by atoms with Crippen molar-refractivity contribution >= 4 is 23.2 Å². The van der Waals surface area contributed by atoms with E-state index in [-0.39, 0.29) is 19.0 Å². The summed E-state index contributed by atoms with van der Waals surface area (Å²) < 4.78 is 19.6. The third-order valence-corrected chi connectivity index (χ3v) is 4.12. The van der Waals surface area contributed by atoms with Gasteiger partial charge in [-0.1, -0.05) is 29.3 Å². The van der Waals surface area contributed by atoms with E-state index in [2.05, 4.69) is 5.32 Å². The van der Waals surface area contributed by atoms with Gasteiger partial charge in [0.25, 0.3) is 0 Å². The summed E-state index contributed by atoms with van der Waals surface area (Å²) >= 11 is 12.1. The highest BCUT2D eigenvalue weighted by Gasteiger charge is 2.10. The molecule has 0 heterocycles. The van der Waals surface area contributed by atoms with Crippen LogP contribution in [-0.2, 0) is 13.2 Å². The lowest BCUT2D eigenvalue weighted by Gasteiger charge is -2.14. The van der Waals surface area contributed by atoms with Crippen molar-refractivity contribution in [1.29, 1.82) is 0 Å². The van der Waals surface area contributed by atoms with Crippen molar-refractivity contribution in [2.24, 2.45) is 0 Å². The number of aliphatic hydroxyl groups excluding tert-OH is 1. The normalized spacial score (nSPS) is 10.8. The van der Waals surface area contributed by atoms with Gasteiger partial charge in [-0.05, 0) is 49.7 Å². The zero-order valence-corrected chi connectivity index (χ0v) is 14.7. The number of rotatable bonds is 9. The molecule has 24 heavy (non-hydrogen) atoms. The summed E-state index contributed by atoms with van der Waals surface area (Å²) in [5, 5.41) is 13.0. The van der Waals surface area contributed by atoms with Gasteiger partial charge in [0.2, 0.25) is 0 Å². The average Bonchev–Trinajstić information content (AvgIpc) is 2.56. The van der Waals surface area contributed by atoms with Crippen LogP contribution in [0.1, 0.15) is 24.0 Å². The first-order valence-electron chi connectivity index (χ1n) is 7.77. The van der Waals surface area contributed by atoms with E-state index < -0.39 is 0 Å². The number of unbranched alkanes of at least 4 members (excludes halogenated alkanes) is 1. The third-order valence-electron chi connectivity index (χ3n) is 3.53. The van der Waals surface area contributed by atoms with Gasteiger partial charge in [-0.25, -0.2) is 4.39 Å². The Bertz CT molecular complexity index is 647. The van der Waals surface area contributed by atoms with Crippen molar-refractivity contribution < 1.29 is 14.2 Å². The Morgan fingerprint density at radius 1 is 1.12 bits per heavy atom. The number of hydrogen-bond acceptors (Lipinski definition) is 3. The van der Waals surface area contributed by atoms with Gasteiger partial charge >= 0.3 is 0 Å². The summed E-state index contributed by atoms with van der Waals surface area (Å²) in [6, 6.07) is 9.87. The lowest BCUT2D eigenvalue weighted by Crippen LogP contribution is -2.16. The lowest BCUT2D eigenvalue weighted by atomic mass is 10.2. The van der Waals surface area contributed by atoms with Gasteiger partial charge < -0.3 is 15.2 Å². The first kappa shape index (κ1) is 19.0. The molecule has 2 aromatic carbocycles. The maximum Gasteiger partial charge on any atom is 0.131 e. The van der Waals surface area contributed by atoms with Gasteiger partial charge in [-0.2, -0.15) is 0 Å². The SMILES string of the molecule is OCCCCNCc1cc(Cl)ccc1OCc1c(F)cccc1Cl. The summed E-state index contributed by atoms with van der Waals surface area (Å²) in [6.45, 7) is 1.60. The van der Waals surface area contributed by atoms with Crippen LogP contribution in [0.2, 0.25) is 10.0 Å². The molecule has 0 atom stereocenters. The standard InChI is InChI=1S/C18H20Cl2FNO2/c19-14-6-7-18(13(10-14)11-22-8-1-2-9-23)24-12-15-16(20)4-3-5-17(15)21/h3-7,10,22-23H,1-2,8-9,11-12H2. The average molecular weight is 372 g/mol. The Balaban J connectivity index is 2.01. The molecule has 0 bridgehead atoms. The summed E-state index contributed by atoms with van der Waals surface area (Å²) in [4.78, 5) is 0.